The normalized spacial score (nSPS) is 12.3. The number of likely N-dealkylation sites (N-methyl/N-ethyl adjacent to an activating group) is 1. The van der Waals surface area contributed by atoms with Gasteiger partial charge in [0, 0.05) is 0 Å². The average Bonchev–Trinajstić information content (AvgIpc) is 2.24. The van der Waals surface area contributed by atoms with Crippen molar-refractivity contribution in [2.75, 3.05) is 14.2 Å². The van der Waals surface area contributed by atoms with Crippen molar-refractivity contribution in [3.8, 4) is 0 Å². The van der Waals surface area contributed by atoms with Gasteiger partial charge in [-0.25, -0.2) is 13.6 Å². The quantitative estimate of drug-likeness (QED) is 0.774. The standard InChI is InChI=1S/C10H11F2NO2/c1-13-9(10(14)15-2)6-3-4-7(11)8(12)5-6/h3-5,9,13H,1-2H3. The second-order valence-corrected chi connectivity index (χ2v) is 2.92. The number of hydrogen-bond acceptors (Lipinski definition) is 3. The van der Waals surface area contributed by atoms with Crippen LogP contribution in [-0.2, 0) is 9.53 Å². The highest BCUT2D eigenvalue weighted by Crippen LogP contribution is 2.17. The van der Waals surface area contributed by atoms with E-state index in [2.05, 4.69) is 10.1 Å². The van der Waals surface area contributed by atoms with E-state index in [1.54, 1.807) is 0 Å². The van der Waals surface area contributed by atoms with Crippen LogP contribution in [-0.4, -0.2) is 20.1 Å². The van der Waals surface area contributed by atoms with Gasteiger partial charge in [-0.3, -0.25) is 0 Å². The third kappa shape index (κ3) is 2.50. The number of rotatable bonds is 3. The van der Waals surface area contributed by atoms with Gasteiger partial charge in [0.1, 0.15) is 6.04 Å². The number of nitrogens with one attached hydrogen (secondary N) is 1. The van der Waals surface area contributed by atoms with Crippen molar-refractivity contribution in [1.29, 1.82) is 0 Å². The van der Waals surface area contributed by atoms with Crippen LogP contribution in [0.25, 0.3) is 0 Å². The Hall–Kier alpha value is -1.49. The minimum Gasteiger partial charge on any atom is -0.468 e. The van der Waals surface area contributed by atoms with Gasteiger partial charge in [0.25, 0.3) is 0 Å². The molecule has 1 unspecified atom stereocenters. The molecule has 0 saturated carbocycles. The molecule has 15 heavy (non-hydrogen) atoms. The molecule has 0 aliphatic carbocycles. The largest absolute Gasteiger partial charge is 0.468 e. The minimum atomic E-state index is -0.989. The number of methoxy groups -OCH3 is 1. The van der Waals surface area contributed by atoms with Crippen LogP contribution in [0.5, 0.6) is 0 Å². The lowest BCUT2D eigenvalue weighted by molar-refractivity contribution is -0.143. The van der Waals surface area contributed by atoms with E-state index in [1.165, 1.54) is 20.2 Å². The Bertz CT molecular complexity index is 368. The van der Waals surface area contributed by atoms with Crippen molar-refractivity contribution >= 4 is 5.97 Å². The summed E-state index contributed by atoms with van der Waals surface area (Å²) >= 11 is 0. The van der Waals surface area contributed by atoms with Crippen molar-refractivity contribution in [2.24, 2.45) is 0 Å². The van der Waals surface area contributed by atoms with Crippen molar-refractivity contribution in [1.82, 2.24) is 5.32 Å². The fourth-order valence-corrected chi connectivity index (χ4v) is 1.23. The SMILES string of the molecule is CNC(C(=O)OC)c1ccc(F)c(F)c1. The first kappa shape index (κ1) is 11.6. The zero-order valence-corrected chi connectivity index (χ0v) is 8.38. The third-order valence-electron chi connectivity index (χ3n) is 2.00. The number of benzene rings is 1. The molecule has 0 bridgehead atoms. The van der Waals surface area contributed by atoms with E-state index in [0.717, 1.165) is 12.1 Å². The van der Waals surface area contributed by atoms with E-state index in [0.29, 0.717) is 5.56 Å². The van der Waals surface area contributed by atoms with E-state index < -0.39 is 23.6 Å². The predicted molar refractivity (Wildman–Crippen MR) is 50.2 cm³/mol. The molecule has 1 N–H and O–H groups in total. The lowest BCUT2D eigenvalue weighted by atomic mass is 10.1. The van der Waals surface area contributed by atoms with Crippen molar-refractivity contribution < 1.29 is 18.3 Å². The zero-order valence-electron chi connectivity index (χ0n) is 8.38. The fraction of sp³-hybridized carbons (Fsp3) is 0.300. The van der Waals surface area contributed by atoms with Crippen LogP contribution in [0.3, 0.4) is 0 Å². The zero-order chi connectivity index (χ0) is 11.4. The molecule has 3 nitrogen and oxygen atoms in total. The maximum atomic E-state index is 12.9. The summed E-state index contributed by atoms with van der Waals surface area (Å²) in [5, 5.41) is 2.65. The number of halogens is 2. The van der Waals surface area contributed by atoms with Crippen LogP contribution in [0.2, 0.25) is 0 Å². The van der Waals surface area contributed by atoms with Crippen LogP contribution in [0.1, 0.15) is 11.6 Å². The molecule has 0 aromatic heterocycles. The van der Waals surface area contributed by atoms with Gasteiger partial charge < -0.3 is 10.1 Å². The summed E-state index contributed by atoms with van der Waals surface area (Å²) in [5.74, 6) is -2.49. The van der Waals surface area contributed by atoms with Crippen LogP contribution in [0, 0.1) is 11.6 Å². The number of ether oxygens (including phenoxy) is 1. The molecule has 5 heteroatoms. The Labute approximate surface area is 86.0 Å². The third-order valence-corrected chi connectivity index (χ3v) is 2.00. The maximum absolute atomic E-state index is 12.9. The van der Waals surface area contributed by atoms with Crippen LogP contribution < -0.4 is 5.32 Å². The second-order valence-electron chi connectivity index (χ2n) is 2.92. The van der Waals surface area contributed by atoms with Gasteiger partial charge in [-0.1, -0.05) is 6.07 Å². The highest BCUT2D eigenvalue weighted by atomic mass is 19.2. The van der Waals surface area contributed by atoms with Crippen molar-refractivity contribution in [3.05, 3.63) is 35.4 Å². The summed E-state index contributed by atoms with van der Waals surface area (Å²) in [6.07, 6.45) is 0. The Morgan fingerprint density at radius 2 is 2.07 bits per heavy atom. The lowest BCUT2D eigenvalue weighted by Crippen LogP contribution is -2.26. The van der Waals surface area contributed by atoms with Gasteiger partial charge in [0.2, 0.25) is 0 Å². The number of esters is 1. The molecule has 0 spiro atoms. The summed E-state index contributed by atoms with van der Waals surface area (Å²) in [6, 6.07) is 2.48. The van der Waals surface area contributed by atoms with E-state index in [4.69, 9.17) is 0 Å². The highest BCUT2D eigenvalue weighted by Gasteiger charge is 2.20. The Morgan fingerprint density at radius 3 is 2.53 bits per heavy atom. The van der Waals surface area contributed by atoms with Gasteiger partial charge in [-0.15, -0.1) is 0 Å². The van der Waals surface area contributed by atoms with Crippen molar-refractivity contribution in [2.45, 2.75) is 6.04 Å². The molecule has 1 atom stereocenters. The molecule has 0 aliphatic rings. The fourth-order valence-electron chi connectivity index (χ4n) is 1.23. The molecule has 1 aromatic rings. The lowest BCUT2D eigenvalue weighted by Gasteiger charge is -2.13. The monoisotopic (exact) mass is 215 g/mol. The first-order valence-electron chi connectivity index (χ1n) is 4.30. The Balaban J connectivity index is 3.02. The highest BCUT2D eigenvalue weighted by molar-refractivity contribution is 5.77. The van der Waals surface area contributed by atoms with Crippen LogP contribution in [0.15, 0.2) is 18.2 Å². The Kier molecular flexibility index (Phi) is 3.74. The molecule has 1 aromatic carbocycles. The van der Waals surface area contributed by atoms with Gasteiger partial charge in [0.15, 0.2) is 11.6 Å². The van der Waals surface area contributed by atoms with Gasteiger partial charge >= 0.3 is 5.97 Å². The summed E-state index contributed by atoms with van der Waals surface area (Å²) in [4.78, 5) is 11.2. The molecule has 0 aliphatic heterocycles. The molecule has 0 radical (unpaired) electrons. The topological polar surface area (TPSA) is 38.3 Å². The van der Waals surface area contributed by atoms with Crippen molar-refractivity contribution in [3.63, 3.8) is 0 Å². The number of hydrogen-bond donors (Lipinski definition) is 1. The van der Waals surface area contributed by atoms with Gasteiger partial charge in [0.05, 0.1) is 7.11 Å². The molecule has 1 rings (SSSR count). The summed E-state index contributed by atoms with van der Waals surface area (Å²) < 4.78 is 30.0. The molecule has 82 valence electrons. The van der Waals surface area contributed by atoms with E-state index in [9.17, 15) is 13.6 Å². The smallest absolute Gasteiger partial charge is 0.327 e. The summed E-state index contributed by atoms with van der Waals surface area (Å²) in [6.45, 7) is 0. The summed E-state index contributed by atoms with van der Waals surface area (Å²) in [7, 11) is 2.76. The second kappa shape index (κ2) is 4.84. The first-order chi connectivity index (χ1) is 7.10. The maximum Gasteiger partial charge on any atom is 0.327 e. The molecule has 0 amide bonds. The minimum absolute atomic E-state index is 0.322. The molecule has 0 saturated heterocycles. The summed E-state index contributed by atoms with van der Waals surface area (Å²) in [5.41, 5.74) is 0.322. The van der Waals surface area contributed by atoms with Gasteiger partial charge in [-0.05, 0) is 24.7 Å². The predicted octanol–water partition coefficient (Wildman–Crippen LogP) is 1.40. The van der Waals surface area contributed by atoms with Gasteiger partial charge in [-0.2, -0.15) is 0 Å². The Morgan fingerprint density at radius 1 is 1.40 bits per heavy atom. The first-order valence-corrected chi connectivity index (χ1v) is 4.30. The van der Waals surface area contributed by atoms with Crippen LogP contribution >= 0.6 is 0 Å². The molecular weight excluding hydrogens is 204 g/mol. The number of carbonyl (C=O) groups excluding carboxylic acids is 1. The molecule has 0 heterocycles. The van der Waals surface area contributed by atoms with Crippen LogP contribution in [0.4, 0.5) is 8.78 Å². The average molecular weight is 215 g/mol. The molecular formula is C10H11F2NO2. The number of carbonyl (C=O) groups is 1. The molecule has 0 fully saturated rings. The van der Waals surface area contributed by atoms with E-state index >= 15 is 0 Å². The van der Waals surface area contributed by atoms with E-state index in [-0.39, 0.29) is 0 Å². The van der Waals surface area contributed by atoms with E-state index in [1.807, 2.05) is 0 Å².